The molecule has 29 heavy (non-hydrogen) atoms. The molecule has 1 aliphatic heterocycles. The maximum Gasteiger partial charge on any atom is 0.264 e. The lowest BCUT2D eigenvalue weighted by Crippen LogP contribution is -2.41. The smallest absolute Gasteiger partial charge is 0.264 e. The summed E-state index contributed by atoms with van der Waals surface area (Å²) in [6.07, 6.45) is 3.48. The zero-order valence-corrected chi connectivity index (χ0v) is 17.7. The van der Waals surface area contributed by atoms with E-state index in [2.05, 4.69) is 5.32 Å². The third kappa shape index (κ3) is 4.59. The van der Waals surface area contributed by atoms with Crippen LogP contribution in [0.15, 0.2) is 41.3 Å². The average Bonchev–Trinajstić information content (AvgIpc) is 2.73. The number of carbonyl (C=O) groups excluding carboxylic acids is 1. The highest BCUT2D eigenvalue weighted by molar-refractivity contribution is 7.89. The molecule has 0 saturated heterocycles. The number of carbonyl (C=O) groups is 1. The van der Waals surface area contributed by atoms with E-state index in [-0.39, 0.29) is 30.0 Å². The first-order valence-corrected chi connectivity index (χ1v) is 11.5. The van der Waals surface area contributed by atoms with Crippen molar-refractivity contribution in [2.75, 3.05) is 19.3 Å². The lowest BCUT2D eigenvalue weighted by atomic mass is 9.97. The fraction of sp³-hybridized carbons (Fsp3) is 0.429. The summed E-state index contributed by atoms with van der Waals surface area (Å²) in [5.41, 5.74) is 2.06. The minimum Gasteiger partial charge on any atom is -0.355 e. The van der Waals surface area contributed by atoms with Gasteiger partial charge in [-0.2, -0.15) is 4.31 Å². The Bertz CT molecular complexity index is 1050. The Hall–Kier alpha value is -2.45. The number of benzene rings is 1. The van der Waals surface area contributed by atoms with Crippen molar-refractivity contribution in [3.63, 3.8) is 0 Å². The summed E-state index contributed by atoms with van der Waals surface area (Å²) in [6, 6.07) is 9.50. The van der Waals surface area contributed by atoms with E-state index in [4.69, 9.17) is 0 Å². The number of rotatable bonds is 7. The van der Waals surface area contributed by atoms with Gasteiger partial charge in [0.15, 0.2) is 0 Å². The monoisotopic (exact) mass is 417 g/mol. The normalized spacial score (nSPS) is 14.4. The molecule has 2 aromatic rings. The maximum absolute atomic E-state index is 13.0. The molecule has 3 rings (SSSR count). The van der Waals surface area contributed by atoms with Crippen LogP contribution in [-0.4, -0.2) is 42.5 Å². The highest BCUT2D eigenvalue weighted by Crippen LogP contribution is 2.23. The molecule has 1 N–H and O–H groups in total. The van der Waals surface area contributed by atoms with E-state index in [0.29, 0.717) is 30.5 Å². The molecule has 1 aromatic heterocycles. The van der Waals surface area contributed by atoms with Gasteiger partial charge in [0, 0.05) is 26.3 Å². The second-order valence-corrected chi connectivity index (χ2v) is 9.35. The summed E-state index contributed by atoms with van der Waals surface area (Å²) in [5, 5.41) is 2.55. The van der Waals surface area contributed by atoms with E-state index in [1.165, 1.54) is 15.9 Å². The summed E-state index contributed by atoms with van der Waals surface area (Å²) < 4.78 is 28.3. The van der Waals surface area contributed by atoms with Crippen LogP contribution in [0.25, 0.3) is 0 Å². The van der Waals surface area contributed by atoms with Gasteiger partial charge in [0.05, 0.1) is 12.3 Å². The number of nitrogens with zero attached hydrogens (tertiary/aromatic N) is 2. The molecule has 7 nitrogen and oxygen atoms in total. The molecule has 2 heterocycles. The van der Waals surface area contributed by atoms with Crippen molar-refractivity contribution < 1.29 is 13.2 Å². The maximum atomic E-state index is 13.0. The first-order valence-electron chi connectivity index (χ1n) is 9.86. The van der Waals surface area contributed by atoms with E-state index in [9.17, 15) is 18.0 Å². The van der Waals surface area contributed by atoms with E-state index in [1.54, 1.807) is 6.20 Å². The number of hydrogen-bond acceptors (Lipinski definition) is 4. The summed E-state index contributed by atoms with van der Waals surface area (Å²) in [4.78, 5) is 25.5. The van der Waals surface area contributed by atoms with Crippen molar-refractivity contribution in [2.24, 2.45) is 0 Å². The first-order chi connectivity index (χ1) is 13.9. The highest BCUT2D eigenvalue weighted by Gasteiger charge is 2.30. The number of unbranched alkanes of at least 4 members (excludes halogenated alkanes) is 1. The van der Waals surface area contributed by atoms with Gasteiger partial charge < -0.3 is 9.88 Å². The summed E-state index contributed by atoms with van der Waals surface area (Å²) in [7, 11) is -1.87. The van der Waals surface area contributed by atoms with Gasteiger partial charge in [-0.25, -0.2) is 8.42 Å². The van der Waals surface area contributed by atoms with Crippen LogP contribution in [-0.2, 0) is 29.5 Å². The molecule has 0 aliphatic carbocycles. The number of nitrogens with one attached hydrogen (secondary N) is 1. The highest BCUT2D eigenvalue weighted by atomic mass is 32.2. The number of pyridine rings is 1. The molecule has 1 amide bonds. The van der Waals surface area contributed by atoms with Crippen molar-refractivity contribution in [3.8, 4) is 0 Å². The topological polar surface area (TPSA) is 88.5 Å². The Morgan fingerprint density at radius 3 is 2.59 bits per heavy atom. The Morgan fingerprint density at radius 1 is 1.21 bits per heavy atom. The van der Waals surface area contributed by atoms with Gasteiger partial charge in [0.1, 0.15) is 5.56 Å². The van der Waals surface area contributed by atoms with E-state index < -0.39 is 15.9 Å². The molecule has 8 heteroatoms. The van der Waals surface area contributed by atoms with Crippen LogP contribution in [0.1, 0.15) is 46.8 Å². The van der Waals surface area contributed by atoms with Crippen LogP contribution in [0.2, 0.25) is 0 Å². The summed E-state index contributed by atoms with van der Waals surface area (Å²) >= 11 is 0. The predicted molar refractivity (Wildman–Crippen MR) is 112 cm³/mol. The zero-order valence-electron chi connectivity index (χ0n) is 16.8. The van der Waals surface area contributed by atoms with Gasteiger partial charge >= 0.3 is 0 Å². The van der Waals surface area contributed by atoms with Crippen molar-refractivity contribution in [1.82, 2.24) is 14.2 Å². The summed E-state index contributed by atoms with van der Waals surface area (Å²) in [6.45, 7) is 2.74. The van der Waals surface area contributed by atoms with Gasteiger partial charge in [0.2, 0.25) is 10.0 Å². The Morgan fingerprint density at radius 2 is 1.93 bits per heavy atom. The van der Waals surface area contributed by atoms with Crippen LogP contribution >= 0.6 is 0 Å². The van der Waals surface area contributed by atoms with Gasteiger partial charge in [-0.3, -0.25) is 9.59 Å². The molecule has 156 valence electrons. The van der Waals surface area contributed by atoms with Gasteiger partial charge in [-0.1, -0.05) is 43.7 Å². The van der Waals surface area contributed by atoms with Crippen LogP contribution < -0.4 is 10.9 Å². The second-order valence-electron chi connectivity index (χ2n) is 7.26. The predicted octanol–water partition coefficient (Wildman–Crippen LogP) is 1.74. The van der Waals surface area contributed by atoms with E-state index in [0.717, 1.165) is 12.0 Å². The summed E-state index contributed by atoms with van der Waals surface area (Å²) in [5.74, 6) is -0.318. The molecule has 0 atom stereocenters. The lowest BCUT2D eigenvalue weighted by molar-refractivity contribution is 0.0959. The number of fused-ring (bicyclic) bond motifs is 1. The fourth-order valence-corrected chi connectivity index (χ4v) is 5.25. The Labute approximate surface area is 171 Å². The molecule has 1 aliphatic rings. The lowest BCUT2D eigenvalue weighted by Gasteiger charge is -2.29. The van der Waals surface area contributed by atoms with Crippen molar-refractivity contribution in [1.29, 1.82) is 0 Å². The Kier molecular flexibility index (Phi) is 6.54. The number of amides is 1. The van der Waals surface area contributed by atoms with Crippen LogP contribution in [0.4, 0.5) is 0 Å². The Balaban J connectivity index is 2.03. The van der Waals surface area contributed by atoms with Crippen LogP contribution in [0.3, 0.4) is 0 Å². The second kappa shape index (κ2) is 8.92. The quantitative estimate of drug-likeness (QED) is 0.743. The minimum atomic E-state index is -3.36. The van der Waals surface area contributed by atoms with Gasteiger partial charge in [0.25, 0.3) is 11.5 Å². The van der Waals surface area contributed by atoms with Crippen LogP contribution in [0.5, 0.6) is 0 Å². The number of hydrogen-bond donors (Lipinski definition) is 1. The molecule has 0 fully saturated rings. The van der Waals surface area contributed by atoms with E-state index >= 15 is 0 Å². The van der Waals surface area contributed by atoms with Gasteiger partial charge in [-0.05, 0) is 29.5 Å². The van der Waals surface area contributed by atoms with Crippen molar-refractivity contribution >= 4 is 15.9 Å². The first kappa shape index (κ1) is 21.3. The van der Waals surface area contributed by atoms with Crippen molar-refractivity contribution in [2.45, 2.75) is 39.3 Å². The van der Waals surface area contributed by atoms with Crippen LogP contribution in [0, 0.1) is 0 Å². The molecular formula is C21H27N3O4S. The van der Waals surface area contributed by atoms with Gasteiger partial charge in [-0.15, -0.1) is 0 Å². The third-order valence-corrected chi connectivity index (χ3v) is 7.14. The third-order valence-electron chi connectivity index (χ3n) is 5.23. The molecule has 0 unspecified atom stereocenters. The molecule has 0 spiro atoms. The average molecular weight is 418 g/mol. The molecular weight excluding hydrogens is 390 g/mol. The SMILES string of the molecule is CCCCS(=O)(=O)N1CCc2c(cn(Cc3ccccc3)c(=O)c2C(=O)NC)C1. The van der Waals surface area contributed by atoms with E-state index in [1.807, 2.05) is 37.3 Å². The number of sulfonamides is 1. The molecule has 0 saturated carbocycles. The molecule has 0 bridgehead atoms. The minimum absolute atomic E-state index is 0.116. The molecule has 1 aromatic carbocycles. The molecule has 0 radical (unpaired) electrons. The zero-order chi connectivity index (χ0) is 21.0. The van der Waals surface area contributed by atoms with Crippen molar-refractivity contribution in [3.05, 3.63) is 69.1 Å². The standard InChI is InChI=1S/C21H27N3O4S/c1-3-4-12-29(27,28)24-11-10-18-17(15-24)14-23(13-16-8-6-5-7-9-16)21(26)19(18)20(25)22-2/h5-9,14H,3-4,10-13,15H2,1-2H3,(H,22,25). The number of aromatic nitrogens is 1. The largest absolute Gasteiger partial charge is 0.355 e. The fourth-order valence-electron chi connectivity index (χ4n) is 3.64.